The second-order valence-corrected chi connectivity index (χ2v) is 4.23. The van der Waals surface area contributed by atoms with Crippen molar-refractivity contribution in [2.24, 2.45) is 0 Å². The molecule has 0 aromatic rings. The Bertz CT molecular complexity index is 170. The summed E-state index contributed by atoms with van der Waals surface area (Å²) in [4.78, 5) is 12.1. The summed E-state index contributed by atoms with van der Waals surface area (Å²) in [7, 11) is 3.59. The van der Waals surface area contributed by atoms with Crippen LogP contribution in [0, 0.1) is 0 Å². The van der Waals surface area contributed by atoms with Crippen LogP contribution in [0.25, 0.3) is 0 Å². The predicted octanol–water partition coefficient (Wildman–Crippen LogP) is 1.04. The number of carboxylic acids is 1. The molecule has 3 nitrogen and oxygen atoms in total. The van der Waals surface area contributed by atoms with Crippen molar-refractivity contribution in [2.75, 3.05) is 14.1 Å². The monoisotopic (exact) mass is 193 g/mol. The Morgan fingerprint density at radius 1 is 1.64 bits per heavy atom. The summed E-state index contributed by atoms with van der Waals surface area (Å²) in [5, 5.41) is 8.05. The highest BCUT2D eigenvalue weighted by Gasteiger charge is 2.14. The first-order valence-corrected chi connectivity index (χ1v) is 4.34. The fourth-order valence-electron chi connectivity index (χ4n) is 0.307. The number of rotatable bonds is 2. The number of thioether (sulfide) groups is 1. The number of carboxylic acid groups (broad SMARTS) is 1. The zero-order valence-electron chi connectivity index (χ0n) is 6.70. The average molecular weight is 193 g/mol. The van der Waals surface area contributed by atoms with Gasteiger partial charge in [0.15, 0.2) is 0 Å². The van der Waals surface area contributed by atoms with E-state index in [-0.39, 0.29) is 0 Å². The molecule has 1 atom stereocenters. The van der Waals surface area contributed by atoms with Gasteiger partial charge in [-0.15, -0.1) is 0 Å². The summed E-state index contributed by atoms with van der Waals surface area (Å²) in [5.74, 6) is -0.834. The zero-order chi connectivity index (χ0) is 9.02. The van der Waals surface area contributed by atoms with Gasteiger partial charge in [0.25, 0.3) is 0 Å². The topological polar surface area (TPSA) is 40.5 Å². The SMILES string of the molecule is C[C@H](SC(=S)N(C)C)C(=O)O. The molecule has 0 aliphatic rings. The van der Waals surface area contributed by atoms with Gasteiger partial charge in [0.05, 0.1) is 0 Å². The highest BCUT2D eigenvalue weighted by Crippen LogP contribution is 2.13. The van der Waals surface area contributed by atoms with Gasteiger partial charge in [0.1, 0.15) is 9.57 Å². The Kier molecular flexibility index (Phi) is 4.44. The van der Waals surface area contributed by atoms with E-state index in [1.54, 1.807) is 25.9 Å². The molecule has 0 rings (SSSR count). The van der Waals surface area contributed by atoms with Gasteiger partial charge in [0, 0.05) is 14.1 Å². The number of carbonyl (C=O) groups is 1. The maximum Gasteiger partial charge on any atom is 0.316 e. The van der Waals surface area contributed by atoms with Crippen LogP contribution in [0.2, 0.25) is 0 Å². The first kappa shape index (κ1) is 10.7. The molecule has 0 amide bonds. The van der Waals surface area contributed by atoms with Gasteiger partial charge >= 0.3 is 5.97 Å². The van der Waals surface area contributed by atoms with Crippen molar-refractivity contribution in [3.8, 4) is 0 Å². The van der Waals surface area contributed by atoms with Crippen LogP contribution < -0.4 is 0 Å². The first-order chi connectivity index (χ1) is 4.95. The second-order valence-electron chi connectivity index (χ2n) is 2.26. The van der Waals surface area contributed by atoms with Crippen molar-refractivity contribution in [3.63, 3.8) is 0 Å². The van der Waals surface area contributed by atoms with E-state index in [0.717, 1.165) is 0 Å². The van der Waals surface area contributed by atoms with E-state index in [4.69, 9.17) is 17.3 Å². The zero-order valence-corrected chi connectivity index (χ0v) is 8.33. The van der Waals surface area contributed by atoms with Gasteiger partial charge in [0.2, 0.25) is 0 Å². The Morgan fingerprint density at radius 3 is 2.36 bits per heavy atom. The van der Waals surface area contributed by atoms with Crippen LogP contribution >= 0.6 is 24.0 Å². The minimum Gasteiger partial charge on any atom is -0.480 e. The number of nitrogens with zero attached hydrogens (tertiary/aromatic N) is 1. The van der Waals surface area contributed by atoms with Crippen molar-refractivity contribution in [1.82, 2.24) is 4.90 Å². The van der Waals surface area contributed by atoms with Gasteiger partial charge in [-0.3, -0.25) is 4.79 Å². The quantitative estimate of drug-likeness (QED) is 0.664. The smallest absolute Gasteiger partial charge is 0.316 e. The molecule has 0 radical (unpaired) electrons. The lowest BCUT2D eigenvalue weighted by Crippen LogP contribution is -2.22. The summed E-state index contributed by atoms with van der Waals surface area (Å²) < 4.78 is 0.597. The molecule has 0 aliphatic carbocycles. The highest BCUT2D eigenvalue weighted by molar-refractivity contribution is 8.23. The molecule has 0 aromatic heterocycles. The van der Waals surface area contributed by atoms with Crippen LogP contribution in [0.5, 0.6) is 0 Å². The molecule has 0 fully saturated rings. The van der Waals surface area contributed by atoms with Gasteiger partial charge in [-0.25, -0.2) is 0 Å². The number of aliphatic carboxylic acids is 1. The van der Waals surface area contributed by atoms with Gasteiger partial charge in [-0.1, -0.05) is 24.0 Å². The van der Waals surface area contributed by atoms with Crippen LogP contribution in [-0.2, 0) is 4.79 Å². The molecular formula is C6H11NO2S2. The predicted molar refractivity (Wildman–Crippen MR) is 51.0 cm³/mol. The lowest BCUT2D eigenvalue weighted by Gasteiger charge is -2.14. The third-order valence-electron chi connectivity index (χ3n) is 0.991. The Balaban J connectivity index is 3.85. The molecule has 0 saturated heterocycles. The molecule has 0 aromatic carbocycles. The van der Waals surface area contributed by atoms with Crippen LogP contribution in [0.15, 0.2) is 0 Å². The van der Waals surface area contributed by atoms with Crippen LogP contribution in [0.1, 0.15) is 6.92 Å². The maximum atomic E-state index is 10.4. The fraction of sp³-hybridized carbons (Fsp3) is 0.667. The Morgan fingerprint density at radius 2 is 2.09 bits per heavy atom. The van der Waals surface area contributed by atoms with Crippen molar-refractivity contribution in [3.05, 3.63) is 0 Å². The van der Waals surface area contributed by atoms with Crippen molar-refractivity contribution in [2.45, 2.75) is 12.2 Å². The van der Waals surface area contributed by atoms with Crippen LogP contribution in [0.3, 0.4) is 0 Å². The molecule has 64 valence electrons. The van der Waals surface area contributed by atoms with E-state index >= 15 is 0 Å². The van der Waals surface area contributed by atoms with E-state index in [9.17, 15) is 4.79 Å². The van der Waals surface area contributed by atoms with Gasteiger partial charge in [-0.2, -0.15) is 0 Å². The number of hydrogen-bond acceptors (Lipinski definition) is 3. The minimum atomic E-state index is -0.834. The van der Waals surface area contributed by atoms with E-state index in [1.165, 1.54) is 11.8 Å². The summed E-state index contributed by atoms with van der Waals surface area (Å²) in [6.45, 7) is 1.61. The number of thiocarbonyl (C=S) groups is 1. The fourth-order valence-corrected chi connectivity index (χ4v) is 1.35. The van der Waals surface area contributed by atoms with E-state index in [0.29, 0.717) is 4.32 Å². The maximum absolute atomic E-state index is 10.4. The van der Waals surface area contributed by atoms with Crippen LogP contribution in [-0.4, -0.2) is 39.6 Å². The minimum absolute atomic E-state index is 0.468. The first-order valence-electron chi connectivity index (χ1n) is 3.06. The van der Waals surface area contributed by atoms with Crippen molar-refractivity contribution < 1.29 is 9.90 Å². The molecule has 0 saturated carbocycles. The molecule has 5 heteroatoms. The summed E-state index contributed by atoms with van der Waals surface area (Å²) in [5.41, 5.74) is 0. The second kappa shape index (κ2) is 4.56. The largest absolute Gasteiger partial charge is 0.480 e. The van der Waals surface area contributed by atoms with Crippen molar-refractivity contribution in [1.29, 1.82) is 0 Å². The summed E-state index contributed by atoms with van der Waals surface area (Å²) in [6.07, 6.45) is 0. The number of hydrogen-bond donors (Lipinski definition) is 1. The lowest BCUT2D eigenvalue weighted by molar-refractivity contribution is -0.136. The molecule has 0 heterocycles. The summed E-state index contributed by atoms with van der Waals surface area (Å²) >= 11 is 6.07. The third-order valence-corrected chi connectivity index (χ3v) is 2.77. The van der Waals surface area contributed by atoms with E-state index < -0.39 is 11.2 Å². The van der Waals surface area contributed by atoms with Crippen LogP contribution in [0.4, 0.5) is 0 Å². The normalized spacial score (nSPS) is 12.3. The average Bonchev–Trinajstić information content (AvgIpc) is 1.87. The molecule has 0 bridgehead atoms. The Labute approximate surface area is 75.8 Å². The molecular weight excluding hydrogens is 182 g/mol. The molecule has 11 heavy (non-hydrogen) atoms. The molecule has 0 unspecified atom stereocenters. The third kappa shape index (κ3) is 4.21. The lowest BCUT2D eigenvalue weighted by atomic mass is 10.5. The summed E-state index contributed by atoms with van der Waals surface area (Å²) in [6, 6.07) is 0. The Hall–Kier alpha value is -0.290. The van der Waals surface area contributed by atoms with E-state index in [2.05, 4.69) is 0 Å². The van der Waals surface area contributed by atoms with Gasteiger partial charge in [-0.05, 0) is 6.92 Å². The molecule has 0 aliphatic heterocycles. The van der Waals surface area contributed by atoms with E-state index in [1.807, 2.05) is 0 Å². The van der Waals surface area contributed by atoms with Gasteiger partial charge < -0.3 is 10.0 Å². The van der Waals surface area contributed by atoms with Crippen molar-refractivity contribution >= 4 is 34.3 Å². The highest BCUT2D eigenvalue weighted by atomic mass is 32.2. The molecule has 1 N–H and O–H groups in total. The molecule has 0 spiro atoms. The standard InChI is InChI=1S/C6H11NO2S2/c1-4(5(8)9)11-6(10)7(2)3/h4H,1-3H3,(H,8,9)/t4-/m0/s1.